The molecule has 0 fully saturated rings. The normalized spacial score (nSPS) is 12.7. The van der Waals surface area contributed by atoms with Gasteiger partial charge in [0.25, 0.3) is 0 Å². The first-order valence-corrected chi connectivity index (χ1v) is 11.8. The van der Waals surface area contributed by atoms with E-state index >= 15 is 0 Å². The number of halogens is 2. The predicted molar refractivity (Wildman–Crippen MR) is 121 cm³/mol. The van der Waals surface area contributed by atoms with Gasteiger partial charge in [-0.05, 0) is 54.4 Å². The molecule has 29 heavy (non-hydrogen) atoms. The largest absolute Gasteiger partial charge is 0.313 e. The number of hydrogen-bond donors (Lipinski definition) is 1. The first kappa shape index (κ1) is 21.8. The maximum Gasteiger partial charge on any atom is 0.182 e. The highest BCUT2D eigenvalue weighted by atomic mass is 35.5. The Kier molecular flexibility index (Phi) is 7.01. The third-order valence-electron chi connectivity index (χ3n) is 4.92. The van der Waals surface area contributed by atoms with Crippen LogP contribution in [0.1, 0.15) is 30.5 Å². The average Bonchev–Trinajstić information content (AvgIpc) is 2.69. The van der Waals surface area contributed by atoms with Crippen LogP contribution in [0.4, 0.5) is 0 Å². The van der Waals surface area contributed by atoms with Crippen LogP contribution in [0.25, 0.3) is 11.1 Å². The lowest BCUT2D eigenvalue weighted by Crippen LogP contribution is -2.15. The molecule has 0 aliphatic heterocycles. The quantitative estimate of drug-likeness (QED) is 0.461. The summed E-state index contributed by atoms with van der Waals surface area (Å²) in [5.41, 5.74) is 3.52. The standard InChI is InChI=1S/C23H23Cl2NO2S/c1-3-23(26-2)18-6-4-5-16(13-18)15-29(27,28)20-10-7-17(8-11-20)21-12-9-19(24)14-22(21)25/h4-14,23,26H,3,15H2,1-2H3. The van der Waals surface area contributed by atoms with E-state index in [-0.39, 0.29) is 16.7 Å². The van der Waals surface area contributed by atoms with Crippen molar-refractivity contribution in [2.24, 2.45) is 0 Å². The van der Waals surface area contributed by atoms with Crippen LogP contribution in [0.2, 0.25) is 10.0 Å². The van der Waals surface area contributed by atoms with Crippen LogP contribution in [-0.2, 0) is 15.6 Å². The SMILES string of the molecule is CCC(NC)c1cccc(CS(=O)(=O)c2ccc(-c3ccc(Cl)cc3Cl)cc2)c1. The molecule has 0 saturated carbocycles. The molecule has 0 spiro atoms. The van der Waals surface area contributed by atoms with Crippen LogP contribution in [0.15, 0.2) is 71.6 Å². The average molecular weight is 448 g/mol. The van der Waals surface area contributed by atoms with Crippen LogP contribution in [0.5, 0.6) is 0 Å². The van der Waals surface area contributed by atoms with E-state index in [0.717, 1.165) is 28.7 Å². The van der Waals surface area contributed by atoms with Gasteiger partial charge in [-0.3, -0.25) is 0 Å². The third-order valence-corrected chi connectivity index (χ3v) is 7.17. The summed E-state index contributed by atoms with van der Waals surface area (Å²) in [6, 6.07) is 20.0. The number of nitrogens with one attached hydrogen (secondary N) is 1. The molecule has 1 unspecified atom stereocenters. The molecular weight excluding hydrogens is 425 g/mol. The van der Waals surface area contributed by atoms with Crippen molar-refractivity contribution in [3.05, 3.63) is 87.9 Å². The number of rotatable bonds is 7. The minimum Gasteiger partial charge on any atom is -0.313 e. The van der Waals surface area contributed by atoms with E-state index in [2.05, 4.69) is 12.2 Å². The molecule has 6 heteroatoms. The Morgan fingerprint density at radius 2 is 1.69 bits per heavy atom. The van der Waals surface area contributed by atoms with Gasteiger partial charge in [-0.15, -0.1) is 0 Å². The zero-order valence-electron chi connectivity index (χ0n) is 16.3. The molecule has 3 nitrogen and oxygen atoms in total. The lowest BCUT2D eigenvalue weighted by molar-refractivity contribution is 0.576. The summed E-state index contributed by atoms with van der Waals surface area (Å²) >= 11 is 12.2. The molecular formula is C23H23Cl2NO2S. The van der Waals surface area contributed by atoms with Crippen molar-refractivity contribution in [2.75, 3.05) is 7.05 Å². The lowest BCUT2D eigenvalue weighted by atomic mass is 10.0. The van der Waals surface area contributed by atoms with Gasteiger partial charge in [-0.1, -0.05) is 72.6 Å². The Bertz CT molecular complexity index is 1090. The molecule has 0 radical (unpaired) electrons. The van der Waals surface area contributed by atoms with Crippen LogP contribution in [0.3, 0.4) is 0 Å². The molecule has 0 aromatic heterocycles. The summed E-state index contributed by atoms with van der Waals surface area (Å²) in [5.74, 6) is -0.0396. The van der Waals surface area contributed by atoms with E-state index in [1.807, 2.05) is 37.4 Å². The van der Waals surface area contributed by atoms with Crippen molar-refractivity contribution in [3.8, 4) is 11.1 Å². The lowest BCUT2D eigenvalue weighted by Gasteiger charge is -2.15. The van der Waals surface area contributed by atoms with Crippen LogP contribution in [0, 0.1) is 0 Å². The van der Waals surface area contributed by atoms with Gasteiger partial charge in [0.05, 0.1) is 10.6 Å². The van der Waals surface area contributed by atoms with E-state index in [1.165, 1.54) is 0 Å². The molecule has 0 aliphatic rings. The number of benzene rings is 3. The Hall–Kier alpha value is -1.85. The summed E-state index contributed by atoms with van der Waals surface area (Å²) < 4.78 is 25.8. The van der Waals surface area contributed by atoms with E-state index < -0.39 is 9.84 Å². The highest BCUT2D eigenvalue weighted by Gasteiger charge is 2.17. The zero-order valence-corrected chi connectivity index (χ0v) is 18.7. The van der Waals surface area contributed by atoms with Gasteiger partial charge in [0.2, 0.25) is 0 Å². The summed E-state index contributed by atoms with van der Waals surface area (Å²) in [5, 5.41) is 4.34. The summed E-state index contributed by atoms with van der Waals surface area (Å²) in [6.45, 7) is 2.10. The fourth-order valence-electron chi connectivity index (χ4n) is 3.37. The van der Waals surface area contributed by atoms with E-state index in [1.54, 1.807) is 36.4 Å². The smallest absolute Gasteiger partial charge is 0.182 e. The monoisotopic (exact) mass is 447 g/mol. The van der Waals surface area contributed by atoms with Gasteiger partial charge in [-0.2, -0.15) is 0 Å². The Morgan fingerprint density at radius 1 is 0.966 bits per heavy atom. The summed E-state index contributed by atoms with van der Waals surface area (Å²) in [6.07, 6.45) is 0.932. The molecule has 0 amide bonds. The van der Waals surface area contributed by atoms with Crippen molar-refractivity contribution >= 4 is 33.0 Å². The van der Waals surface area contributed by atoms with E-state index in [4.69, 9.17) is 23.2 Å². The summed E-state index contributed by atoms with van der Waals surface area (Å²) in [4.78, 5) is 0.289. The van der Waals surface area contributed by atoms with Gasteiger partial charge in [-0.25, -0.2) is 8.42 Å². The molecule has 1 atom stereocenters. The first-order chi connectivity index (χ1) is 13.8. The fraction of sp³-hybridized carbons (Fsp3) is 0.217. The molecule has 0 bridgehead atoms. The highest BCUT2D eigenvalue weighted by molar-refractivity contribution is 7.90. The number of hydrogen-bond acceptors (Lipinski definition) is 3. The zero-order chi connectivity index (χ0) is 21.0. The maximum atomic E-state index is 12.9. The minimum absolute atomic E-state index is 0.0396. The maximum absolute atomic E-state index is 12.9. The first-order valence-electron chi connectivity index (χ1n) is 9.38. The third kappa shape index (κ3) is 5.20. The second-order valence-electron chi connectivity index (χ2n) is 6.90. The Labute approximate surface area is 182 Å². The van der Waals surface area contributed by atoms with Crippen molar-refractivity contribution in [1.82, 2.24) is 5.32 Å². The van der Waals surface area contributed by atoms with E-state index in [0.29, 0.717) is 10.0 Å². The molecule has 152 valence electrons. The van der Waals surface area contributed by atoms with Crippen molar-refractivity contribution in [3.63, 3.8) is 0 Å². The van der Waals surface area contributed by atoms with Gasteiger partial charge in [0, 0.05) is 21.7 Å². The van der Waals surface area contributed by atoms with Crippen molar-refractivity contribution in [1.29, 1.82) is 0 Å². The molecule has 3 aromatic rings. The van der Waals surface area contributed by atoms with Gasteiger partial charge < -0.3 is 5.32 Å². The topological polar surface area (TPSA) is 46.2 Å². The molecule has 0 saturated heterocycles. The molecule has 3 rings (SSSR count). The molecule has 1 N–H and O–H groups in total. The second-order valence-corrected chi connectivity index (χ2v) is 9.74. The second kappa shape index (κ2) is 9.31. The Morgan fingerprint density at radius 3 is 2.31 bits per heavy atom. The van der Waals surface area contributed by atoms with Crippen LogP contribution < -0.4 is 5.32 Å². The molecule has 0 aliphatic carbocycles. The van der Waals surface area contributed by atoms with Gasteiger partial charge in [0.15, 0.2) is 9.84 Å². The van der Waals surface area contributed by atoms with Crippen LogP contribution in [-0.4, -0.2) is 15.5 Å². The van der Waals surface area contributed by atoms with Crippen LogP contribution >= 0.6 is 23.2 Å². The molecule has 0 heterocycles. The predicted octanol–water partition coefficient (Wildman–Crippen LogP) is 6.30. The Balaban J connectivity index is 1.84. The van der Waals surface area contributed by atoms with Gasteiger partial charge >= 0.3 is 0 Å². The van der Waals surface area contributed by atoms with Gasteiger partial charge in [0.1, 0.15) is 0 Å². The van der Waals surface area contributed by atoms with Crippen molar-refractivity contribution < 1.29 is 8.42 Å². The highest BCUT2D eigenvalue weighted by Crippen LogP contribution is 2.31. The van der Waals surface area contributed by atoms with E-state index in [9.17, 15) is 8.42 Å². The number of sulfone groups is 1. The summed E-state index contributed by atoms with van der Waals surface area (Å²) in [7, 11) is -1.55. The molecule has 3 aromatic carbocycles. The minimum atomic E-state index is -3.46. The fourth-order valence-corrected chi connectivity index (χ4v) is 5.23. The van der Waals surface area contributed by atoms with Crippen molar-refractivity contribution in [2.45, 2.75) is 30.0 Å².